The topological polar surface area (TPSA) is 71.9 Å². The van der Waals surface area contributed by atoms with E-state index in [1.807, 2.05) is 19.9 Å². The number of nitrogens with two attached hydrogens (primary N) is 1. The van der Waals surface area contributed by atoms with Gasteiger partial charge >= 0.3 is 0 Å². The Hall–Kier alpha value is -1.60. The Morgan fingerprint density at radius 1 is 1.47 bits per heavy atom. The van der Waals surface area contributed by atoms with Crippen LogP contribution >= 0.6 is 0 Å². The number of aryl methyl sites for hydroxylation is 2. The van der Waals surface area contributed by atoms with Gasteiger partial charge in [-0.05, 0) is 33.1 Å². The molecular formula is C13H17N3O. The molecular weight excluding hydrogens is 214 g/mol. The average molecular weight is 231 g/mol. The number of ether oxygens (including phenoxy) is 1. The maximum absolute atomic E-state index is 9.12. The van der Waals surface area contributed by atoms with Gasteiger partial charge in [-0.25, -0.2) is 0 Å². The third-order valence-electron chi connectivity index (χ3n) is 3.12. The van der Waals surface area contributed by atoms with Crippen molar-refractivity contribution in [1.82, 2.24) is 4.98 Å². The molecule has 2 N–H and O–H groups in total. The molecule has 17 heavy (non-hydrogen) atoms. The van der Waals surface area contributed by atoms with Crippen LogP contribution in [0.15, 0.2) is 6.07 Å². The van der Waals surface area contributed by atoms with E-state index in [1.165, 1.54) is 0 Å². The van der Waals surface area contributed by atoms with E-state index in [9.17, 15) is 0 Å². The molecule has 2 unspecified atom stereocenters. The Balaban J connectivity index is 2.23. The van der Waals surface area contributed by atoms with E-state index in [1.54, 1.807) is 0 Å². The Morgan fingerprint density at radius 3 is 2.82 bits per heavy atom. The molecule has 0 bridgehead atoms. The minimum atomic E-state index is 0.137. The van der Waals surface area contributed by atoms with Gasteiger partial charge in [-0.3, -0.25) is 4.98 Å². The van der Waals surface area contributed by atoms with E-state index in [0.717, 1.165) is 30.7 Å². The van der Waals surface area contributed by atoms with Gasteiger partial charge in [0.15, 0.2) is 0 Å². The highest BCUT2D eigenvalue weighted by molar-refractivity contribution is 5.46. The molecule has 1 saturated carbocycles. The fourth-order valence-electron chi connectivity index (χ4n) is 2.28. The van der Waals surface area contributed by atoms with Crippen molar-refractivity contribution in [2.75, 3.05) is 0 Å². The van der Waals surface area contributed by atoms with Crippen LogP contribution in [0.3, 0.4) is 0 Å². The summed E-state index contributed by atoms with van der Waals surface area (Å²) in [5.74, 6) is 0.650. The Kier molecular flexibility index (Phi) is 3.30. The molecule has 0 spiro atoms. The Morgan fingerprint density at radius 2 is 2.24 bits per heavy atom. The fraction of sp³-hybridized carbons (Fsp3) is 0.538. The second kappa shape index (κ2) is 4.72. The van der Waals surface area contributed by atoms with Gasteiger partial charge in [0.2, 0.25) is 0 Å². The van der Waals surface area contributed by atoms with E-state index in [-0.39, 0.29) is 12.1 Å². The summed E-state index contributed by atoms with van der Waals surface area (Å²) >= 11 is 0. The molecule has 90 valence electrons. The first kappa shape index (κ1) is 11.9. The monoisotopic (exact) mass is 231 g/mol. The number of hydrogen-bond acceptors (Lipinski definition) is 4. The second-order valence-corrected chi connectivity index (χ2v) is 4.65. The summed E-state index contributed by atoms with van der Waals surface area (Å²) in [6.07, 6.45) is 2.96. The number of pyridine rings is 1. The summed E-state index contributed by atoms with van der Waals surface area (Å²) in [5, 5.41) is 9.12. The lowest BCUT2D eigenvalue weighted by Crippen LogP contribution is -2.19. The van der Waals surface area contributed by atoms with Gasteiger partial charge in [0, 0.05) is 17.8 Å². The summed E-state index contributed by atoms with van der Waals surface area (Å²) in [5.41, 5.74) is 7.99. The van der Waals surface area contributed by atoms with Gasteiger partial charge in [-0.1, -0.05) is 0 Å². The van der Waals surface area contributed by atoms with Crippen molar-refractivity contribution in [2.24, 2.45) is 5.73 Å². The zero-order valence-electron chi connectivity index (χ0n) is 10.2. The molecule has 2 atom stereocenters. The molecule has 0 aromatic carbocycles. The van der Waals surface area contributed by atoms with Crippen molar-refractivity contribution < 1.29 is 4.74 Å². The van der Waals surface area contributed by atoms with E-state index in [2.05, 4.69) is 11.1 Å². The van der Waals surface area contributed by atoms with Crippen LogP contribution in [0.2, 0.25) is 0 Å². The first-order chi connectivity index (χ1) is 8.10. The van der Waals surface area contributed by atoms with E-state index >= 15 is 0 Å². The van der Waals surface area contributed by atoms with Crippen LogP contribution in [-0.2, 0) is 0 Å². The van der Waals surface area contributed by atoms with Crippen molar-refractivity contribution in [3.05, 3.63) is 23.0 Å². The van der Waals surface area contributed by atoms with Gasteiger partial charge < -0.3 is 10.5 Å². The zero-order chi connectivity index (χ0) is 12.4. The van der Waals surface area contributed by atoms with E-state index < -0.39 is 0 Å². The lowest BCUT2D eigenvalue weighted by Gasteiger charge is -2.15. The van der Waals surface area contributed by atoms with Crippen molar-refractivity contribution in [2.45, 2.75) is 45.3 Å². The zero-order valence-corrected chi connectivity index (χ0v) is 10.2. The highest BCUT2D eigenvalue weighted by Gasteiger charge is 2.24. The van der Waals surface area contributed by atoms with Crippen LogP contribution in [0.25, 0.3) is 0 Å². The molecule has 2 rings (SSSR count). The van der Waals surface area contributed by atoms with Crippen molar-refractivity contribution in [1.29, 1.82) is 5.26 Å². The maximum atomic E-state index is 9.12. The molecule has 1 fully saturated rings. The highest BCUT2D eigenvalue weighted by Crippen LogP contribution is 2.27. The van der Waals surface area contributed by atoms with E-state index in [0.29, 0.717) is 11.3 Å². The molecule has 4 heteroatoms. The van der Waals surface area contributed by atoms with Crippen molar-refractivity contribution in [3.63, 3.8) is 0 Å². The predicted octanol–water partition coefficient (Wildman–Crippen LogP) is 1.83. The molecule has 1 aromatic rings. The first-order valence-corrected chi connectivity index (χ1v) is 5.90. The minimum Gasteiger partial charge on any atom is -0.489 e. The summed E-state index contributed by atoms with van der Waals surface area (Å²) < 4.78 is 5.89. The third-order valence-corrected chi connectivity index (χ3v) is 3.12. The summed E-state index contributed by atoms with van der Waals surface area (Å²) in [7, 11) is 0. The molecule has 1 aliphatic carbocycles. The van der Waals surface area contributed by atoms with Crippen LogP contribution in [0, 0.1) is 25.2 Å². The lowest BCUT2D eigenvalue weighted by molar-refractivity contribution is 0.207. The third kappa shape index (κ3) is 2.56. The van der Waals surface area contributed by atoms with Gasteiger partial charge in [0.1, 0.15) is 23.5 Å². The van der Waals surface area contributed by atoms with Crippen LogP contribution < -0.4 is 10.5 Å². The molecule has 0 saturated heterocycles. The van der Waals surface area contributed by atoms with Gasteiger partial charge in [-0.2, -0.15) is 5.26 Å². The van der Waals surface area contributed by atoms with Gasteiger partial charge in [0.25, 0.3) is 0 Å². The van der Waals surface area contributed by atoms with Crippen LogP contribution in [-0.4, -0.2) is 17.1 Å². The van der Waals surface area contributed by atoms with Crippen LogP contribution in [0.5, 0.6) is 5.75 Å². The standard InChI is InChI=1S/C13H17N3O/c1-8-5-13(12(7-14)9(2)16-8)17-11-4-3-10(15)6-11/h5,10-11H,3-4,6,15H2,1-2H3. The molecule has 4 nitrogen and oxygen atoms in total. The summed E-state index contributed by atoms with van der Waals surface area (Å²) in [6.45, 7) is 3.74. The minimum absolute atomic E-state index is 0.137. The number of rotatable bonds is 2. The van der Waals surface area contributed by atoms with Crippen molar-refractivity contribution in [3.8, 4) is 11.8 Å². The van der Waals surface area contributed by atoms with Crippen LogP contribution in [0.1, 0.15) is 36.2 Å². The summed E-state index contributed by atoms with van der Waals surface area (Å²) in [4.78, 5) is 4.27. The predicted molar refractivity (Wildman–Crippen MR) is 64.7 cm³/mol. The van der Waals surface area contributed by atoms with Gasteiger partial charge in [0.05, 0.1) is 5.69 Å². The van der Waals surface area contributed by atoms with Gasteiger partial charge in [-0.15, -0.1) is 0 Å². The summed E-state index contributed by atoms with van der Waals surface area (Å²) in [6, 6.07) is 4.22. The SMILES string of the molecule is Cc1cc(OC2CCC(N)C2)c(C#N)c(C)n1. The second-order valence-electron chi connectivity index (χ2n) is 4.65. The number of hydrogen-bond donors (Lipinski definition) is 1. The quantitative estimate of drug-likeness (QED) is 0.842. The smallest absolute Gasteiger partial charge is 0.141 e. The molecule has 0 amide bonds. The normalized spacial score (nSPS) is 23.4. The van der Waals surface area contributed by atoms with Crippen LogP contribution in [0.4, 0.5) is 0 Å². The molecule has 1 aromatic heterocycles. The fourth-order valence-corrected chi connectivity index (χ4v) is 2.28. The number of nitrogens with zero attached hydrogens (tertiary/aromatic N) is 2. The molecule has 0 aliphatic heterocycles. The number of nitriles is 1. The molecule has 1 aliphatic rings. The lowest BCUT2D eigenvalue weighted by atomic mass is 10.1. The largest absolute Gasteiger partial charge is 0.489 e. The number of aromatic nitrogens is 1. The molecule has 0 radical (unpaired) electrons. The average Bonchev–Trinajstić information content (AvgIpc) is 2.63. The highest BCUT2D eigenvalue weighted by atomic mass is 16.5. The Labute approximate surface area is 101 Å². The van der Waals surface area contributed by atoms with E-state index in [4.69, 9.17) is 15.7 Å². The first-order valence-electron chi connectivity index (χ1n) is 5.90. The Bertz CT molecular complexity index is 464. The van der Waals surface area contributed by atoms with Crippen molar-refractivity contribution >= 4 is 0 Å². The molecule has 1 heterocycles. The maximum Gasteiger partial charge on any atom is 0.141 e.